The van der Waals surface area contributed by atoms with Crippen LogP contribution in [0.3, 0.4) is 0 Å². The van der Waals surface area contributed by atoms with Gasteiger partial charge >= 0.3 is 0 Å². The first-order valence-corrected chi connectivity index (χ1v) is 7.54. The average Bonchev–Trinajstić information content (AvgIpc) is 2.93. The van der Waals surface area contributed by atoms with E-state index < -0.39 is 0 Å². The molecule has 0 aliphatic heterocycles. The maximum Gasteiger partial charge on any atom is 0.226 e. The molecular formula is C16H20N6. The molecule has 6 heteroatoms. The molecule has 0 unspecified atom stereocenters. The highest BCUT2D eigenvalue weighted by Crippen LogP contribution is 2.18. The molecule has 0 spiro atoms. The smallest absolute Gasteiger partial charge is 0.226 e. The zero-order chi connectivity index (χ0) is 15.4. The average molecular weight is 296 g/mol. The Kier molecular flexibility index (Phi) is 4.18. The van der Waals surface area contributed by atoms with Crippen molar-refractivity contribution < 1.29 is 0 Å². The largest absolute Gasteiger partial charge is 0.382 e. The van der Waals surface area contributed by atoms with E-state index in [0.29, 0.717) is 17.3 Å². The lowest BCUT2D eigenvalue weighted by atomic mass is 10.1. The van der Waals surface area contributed by atoms with Crippen molar-refractivity contribution in [2.45, 2.75) is 26.3 Å². The molecule has 114 valence electrons. The molecule has 0 aliphatic carbocycles. The van der Waals surface area contributed by atoms with Crippen molar-refractivity contribution in [1.29, 1.82) is 0 Å². The summed E-state index contributed by atoms with van der Waals surface area (Å²) in [5, 5.41) is 3.24. The van der Waals surface area contributed by atoms with Crippen molar-refractivity contribution in [3.8, 4) is 0 Å². The lowest BCUT2D eigenvalue weighted by Gasteiger charge is -2.07. The van der Waals surface area contributed by atoms with Gasteiger partial charge in [-0.1, -0.05) is 37.3 Å². The van der Waals surface area contributed by atoms with Gasteiger partial charge in [0.25, 0.3) is 0 Å². The second-order valence-electron chi connectivity index (χ2n) is 5.21. The zero-order valence-electron chi connectivity index (χ0n) is 12.7. The lowest BCUT2D eigenvalue weighted by molar-refractivity contribution is 0.691. The fourth-order valence-corrected chi connectivity index (χ4v) is 2.41. The highest BCUT2D eigenvalue weighted by Gasteiger charge is 2.10. The van der Waals surface area contributed by atoms with Gasteiger partial charge in [0.2, 0.25) is 5.95 Å². The van der Waals surface area contributed by atoms with E-state index in [2.05, 4.69) is 39.3 Å². The maximum atomic E-state index is 5.98. The monoisotopic (exact) mass is 296 g/mol. The minimum atomic E-state index is 0.419. The Morgan fingerprint density at radius 2 is 2.00 bits per heavy atom. The first kappa shape index (κ1) is 14.3. The summed E-state index contributed by atoms with van der Waals surface area (Å²) in [5.74, 6) is 0.973. The number of aryl methyl sites for hydroxylation is 1. The van der Waals surface area contributed by atoms with E-state index in [1.807, 2.05) is 22.8 Å². The van der Waals surface area contributed by atoms with Gasteiger partial charge in [-0.05, 0) is 18.4 Å². The van der Waals surface area contributed by atoms with Crippen molar-refractivity contribution in [2.75, 3.05) is 17.6 Å². The molecule has 2 aromatic heterocycles. The van der Waals surface area contributed by atoms with Gasteiger partial charge in [-0.25, -0.2) is 4.98 Å². The van der Waals surface area contributed by atoms with Crippen LogP contribution in [0.5, 0.6) is 0 Å². The summed E-state index contributed by atoms with van der Waals surface area (Å²) in [4.78, 5) is 13.1. The van der Waals surface area contributed by atoms with E-state index in [-0.39, 0.29) is 0 Å². The number of fused-ring (bicyclic) bond motifs is 1. The number of nitrogens with zero attached hydrogens (tertiary/aromatic N) is 4. The van der Waals surface area contributed by atoms with E-state index in [9.17, 15) is 0 Å². The molecule has 6 nitrogen and oxygen atoms in total. The summed E-state index contributed by atoms with van der Waals surface area (Å²) in [6, 6.07) is 10.3. The van der Waals surface area contributed by atoms with Gasteiger partial charge in [-0.3, -0.25) is 0 Å². The summed E-state index contributed by atoms with van der Waals surface area (Å²) in [5.41, 5.74) is 8.72. The number of hydrogen-bond acceptors (Lipinski definition) is 5. The number of aromatic nitrogens is 4. The van der Waals surface area contributed by atoms with E-state index >= 15 is 0 Å². The Morgan fingerprint density at radius 1 is 1.18 bits per heavy atom. The van der Waals surface area contributed by atoms with E-state index in [4.69, 9.17) is 5.73 Å². The number of anilines is 2. The first-order chi connectivity index (χ1) is 10.8. The molecule has 0 radical (unpaired) electrons. The minimum absolute atomic E-state index is 0.419. The summed E-state index contributed by atoms with van der Waals surface area (Å²) in [6.45, 7) is 3.75. The fourth-order valence-electron chi connectivity index (χ4n) is 2.41. The van der Waals surface area contributed by atoms with Crippen molar-refractivity contribution in [3.63, 3.8) is 0 Å². The number of hydrogen-bond donors (Lipinski definition) is 2. The Balaban J connectivity index is 1.74. The third-order valence-corrected chi connectivity index (χ3v) is 3.49. The molecular weight excluding hydrogens is 276 g/mol. The second-order valence-corrected chi connectivity index (χ2v) is 5.21. The van der Waals surface area contributed by atoms with Crippen molar-refractivity contribution in [3.05, 3.63) is 42.2 Å². The molecule has 0 saturated heterocycles. The zero-order valence-corrected chi connectivity index (χ0v) is 12.7. The minimum Gasteiger partial charge on any atom is -0.382 e. The number of nitrogens with one attached hydrogen (secondary N) is 1. The summed E-state index contributed by atoms with van der Waals surface area (Å²) in [7, 11) is 0. The van der Waals surface area contributed by atoms with Crippen LogP contribution in [0.25, 0.3) is 11.2 Å². The van der Waals surface area contributed by atoms with Crippen LogP contribution in [0.15, 0.2) is 36.7 Å². The number of rotatable bonds is 6. The van der Waals surface area contributed by atoms with Gasteiger partial charge in [0, 0.05) is 13.1 Å². The van der Waals surface area contributed by atoms with Crippen molar-refractivity contribution in [2.24, 2.45) is 0 Å². The predicted molar refractivity (Wildman–Crippen MR) is 88.7 cm³/mol. The first-order valence-electron chi connectivity index (χ1n) is 7.54. The number of nitrogens with two attached hydrogens (primary N) is 1. The molecule has 0 aliphatic rings. The van der Waals surface area contributed by atoms with Crippen LogP contribution >= 0.6 is 0 Å². The number of nitrogen functional groups attached to an aromatic ring is 1. The highest BCUT2D eigenvalue weighted by atomic mass is 15.2. The van der Waals surface area contributed by atoms with Crippen LogP contribution in [0.4, 0.5) is 11.8 Å². The third-order valence-electron chi connectivity index (χ3n) is 3.49. The van der Waals surface area contributed by atoms with Crippen LogP contribution in [0.2, 0.25) is 0 Å². The maximum absolute atomic E-state index is 5.98. The Bertz CT molecular complexity index is 750. The van der Waals surface area contributed by atoms with Gasteiger partial charge < -0.3 is 15.6 Å². The Hall–Kier alpha value is -2.63. The Morgan fingerprint density at radius 3 is 2.77 bits per heavy atom. The highest BCUT2D eigenvalue weighted by molar-refractivity contribution is 5.82. The molecule has 0 bridgehead atoms. The summed E-state index contributed by atoms with van der Waals surface area (Å²) in [6.07, 6.45) is 3.70. The van der Waals surface area contributed by atoms with Gasteiger partial charge in [0.1, 0.15) is 5.52 Å². The molecule has 0 saturated carbocycles. The van der Waals surface area contributed by atoms with E-state index in [1.54, 1.807) is 6.33 Å². The predicted octanol–water partition coefficient (Wildman–Crippen LogP) is 2.47. The third kappa shape index (κ3) is 3.00. The summed E-state index contributed by atoms with van der Waals surface area (Å²) >= 11 is 0. The molecule has 3 N–H and O–H groups in total. The van der Waals surface area contributed by atoms with Crippen LogP contribution in [0, 0.1) is 0 Å². The Labute approximate surface area is 129 Å². The van der Waals surface area contributed by atoms with Gasteiger partial charge in [0.15, 0.2) is 11.5 Å². The number of imidazole rings is 1. The quantitative estimate of drug-likeness (QED) is 0.730. The summed E-state index contributed by atoms with van der Waals surface area (Å²) < 4.78 is 2.01. The van der Waals surface area contributed by atoms with Gasteiger partial charge in [-0.2, -0.15) is 9.97 Å². The SMILES string of the molecule is CCCn1cnc2c(N)nc(NCCc3ccccc3)nc21. The second kappa shape index (κ2) is 6.43. The fraction of sp³-hybridized carbons (Fsp3) is 0.312. The van der Waals surface area contributed by atoms with E-state index in [1.165, 1.54) is 5.56 Å². The molecule has 0 fully saturated rings. The van der Waals surface area contributed by atoms with Crippen LogP contribution in [-0.4, -0.2) is 26.1 Å². The molecule has 3 aromatic rings. The molecule has 1 aromatic carbocycles. The van der Waals surface area contributed by atoms with Gasteiger partial charge in [-0.15, -0.1) is 0 Å². The molecule has 3 rings (SSSR count). The van der Waals surface area contributed by atoms with Crippen molar-refractivity contribution in [1.82, 2.24) is 19.5 Å². The van der Waals surface area contributed by atoms with Crippen LogP contribution in [-0.2, 0) is 13.0 Å². The van der Waals surface area contributed by atoms with Gasteiger partial charge in [0.05, 0.1) is 6.33 Å². The molecule has 0 amide bonds. The normalized spacial score (nSPS) is 11.0. The van der Waals surface area contributed by atoms with Crippen LogP contribution in [0.1, 0.15) is 18.9 Å². The molecule has 0 atom stereocenters. The number of benzene rings is 1. The van der Waals surface area contributed by atoms with E-state index in [0.717, 1.165) is 31.6 Å². The standard InChI is InChI=1S/C16H20N6/c1-2-10-22-11-19-13-14(17)20-16(21-15(13)22)18-9-8-12-6-4-3-5-7-12/h3-7,11H,2,8-10H2,1H3,(H3,17,18,20,21). The lowest BCUT2D eigenvalue weighted by Crippen LogP contribution is -2.10. The topological polar surface area (TPSA) is 81.7 Å². The van der Waals surface area contributed by atoms with Crippen molar-refractivity contribution >= 4 is 22.9 Å². The molecule has 2 heterocycles. The molecule has 22 heavy (non-hydrogen) atoms. The van der Waals surface area contributed by atoms with Crippen LogP contribution < -0.4 is 11.1 Å².